The molecule has 1 atom stereocenters. The van der Waals surface area contributed by atoms with Crippen LogP contribution < -0.4 is 4.72 Å². The van der Waals surface area contributed by atoms with Crippen molar-refractivity contribution in [2.45, 2.75) is 26.0 Å². The first kappa shape index (κ1) is 19.9. The van der Waals surface area contributed by atoms with E-state index in [-0.39, 0.29) is 17.2 Å². The van der Waals surface area contributed by atoms with Gasteiger partial charge in [0.1, 0.15) is 0 Å². The summed E-state index contributed by atoms with van der Waals surface area (Å²) in [5.41, 5.74) is 2.74. The smallest absolute Gasteiger partial charge is 0.338 e. The standard InChI is InChI=1S/C20H22N2O5S/c1-14(19(23)22-11-10-15-6-3-4-7-17(15)13-22)27-20(24)16-8-5-9-18(12-16)21-28(2,25)26/h3-9,12,14,21H,10-11,13H2,1-2H3/t14-/m1/s1. The molecule has 2 aromatic carbocycles. The first-order chi connectivity index (χ1) is 13.2. The maximum atomic E-state index is 12.7. The quantitative estimate of drug-likeness (QED) is 0.774. The van der Waals surface area contributed by atoms with Crippen molar-refractivity contribution in [3.05, 3.63) is 65.2 Å². The lowest BCUT2D eigenvalue weighted by Crippen LogP contribution is -2.42. The van der Waals surface area contributed by atoms with Crippen molar-refractivity contribution < 1.29 is 22.7 Å². The summed E-state index contributed by atoms with van der Waals surface area (Å²) in [6.45, 7) is 2.61. The Morgan fingerprint density at radius 2 is 1.82 bits per heavy atom. The topological polar surface area (TPSA) is 92.8 Å². The first-order valence-electron chi connectivity index (χ1n) is 8.87. The van der Waals surface area contributed by atoms with Crippen LogP contribution in [0.3, 0.4) is 0 Å². The van der Waals surface area contributed by atoms with Gasteiger partial charge in [0, 0.05) is 18.8 Å². The van der Waals surface area contributed by atoms with Gasteiger partial charge < -0.3 is 9.64 Å². The van der Waals surface area contributed by atoms with Gasteiger partial charge in [0.25, 0.3) is 5.91 Å². The number of carbonyl (C=O) groups is 2. The largest absolute Gasteiger partial charge is 0.449 e. The molecule has 1 aliphatic heterocycles. The van der Waals surface area contributed by atoms with Crippen molar-refractivity contribution in [2.24, 2.45) is 0 Å². The summed E-state index contributed by atoms with van der Waals surface area (Å²) in [6, 6.07) is 13.9. The highest BCUT2D eigenvalue weighted by atomic mass is 32.2. The molecule has 8 heteroatoms. The molecule has 7 nitrogen and oxygen atoms in total. The van der Waals surface area contributed by atoms with Crippen LogP contribution in [0.2, 0.25) is 0 Å². The molecule has 28 heavy (non-hydrogen) atoms. The van der Waals surface area contributed by atoms with Crippen LogP contribution in [0.25, 0.3) is 0 Å². The molecule has 0 spiro atoms. The van der Waals surface area contributed by atoms with Gasteiger partial charge in [-0.25, -0.2) is 13.2 Å². The summed E-state index contributed by atoms with van der Waals surface area (Å²) in [6.07, 6.45) is 0.849. The van der Waals surface area contributed by atoms with E-state index in [1.165, 1.54) is 29.8 Å². The van der Waals surface area contributed by atoms with Crippen LogP contribution >= 0.6 is 0 Å². The van der Waals surface area contributed by atoms with Crippen molar-refractivity contribution in [3.8, 4) is 0 Å². The third kappa shape index (κ3) is 4.89. The number of amides is 1. The molecule has 1 amide bonds. The molecule has 0 unspecified atom stereocenters. The molecule has 0 aromatic heterocycles. The lowest BCUT2D eigenvalue weighted by atomic mass is 9.99. The van der Waals surface area contributed by atoms with E-state index in [4.69, 9.17) is 4.74 Å². The normalized spacial score (nSPS) is 14.7. The Kier molecular flexibility index (Phi) is 5.69. The fourth-order valence-electron chi connectivity index (χ4n) is 3.14. The summed E-state index contributed by atoms with van der Waals surface area (Å²) >= 11 is 0. The third-order valence-corrected chi connectivity index (χ3v) is 5.08. The SMILES string of the molecule is C[C@@H](OC(=O)c1cccc(NS(C)(=O)=O)c1)C(=O)N1CCc2ccccc2C1. The highest BCUT2D eigenvalue weighted by Crippen LogP contribution is 2.20. The number of carbonyl (C=O) groups excluding carboxylic acids is 2. The summed E-state index contributed by atoms with van der Waals surface area (Å²) in [5, 5.41) is 0. The average Bonchev–Trinajstić information content (AvgIpc) is 2.65. The molecular weight excluding hydrogens is 380 g/mol. The van der Waals surface area contributed by atoms with Gasteiger partial charge in [-0.3, -0.25) is 9.52 Å². The Morgan fingerprint density at radius 3 is 2.54 bits per heavy atom. The van der Waals surface area contributed by atoms with Gasteiger partial charge in [-0.05, 0) is 42.7 Å². The van der Waals surface area contributed by atoms with E-state index in [1.54, 1.807) is 11.8 Å². The van der Waals surface area contributed by atoms with Crippen LogP contribution in [0.1, 0.15) is 28.4 Å². The predicted molar refractivity (Wildman–Crippen MR) is 105 cm³/mol. The van der Waals surface area contributed by atoms with Crippen molar-refractivity contribution in [1.82, 2.24) is 4.90 Å². The molecule has 1 N–H and O–H groups in total. The minimum atomic E-state index is -3.46. The fourth-order valence-corrected chi connectivity index (χ4v) is 3.70. The molecular formula is C20H22N2O5S. The van der Waals surface area contributed by atoms with Crippen molar-refractivity contribution in [2.75, 3.05) is 17.5 Å². The van der Waals surface area contributed by atoms with Crippen LogP contribution in [0.4, 0.5) is 5.69 Å². The second kappa shape index (κ2) is 8.02. The fraction of sp³-hybridized carbons (Fsp3) is 0.300. The number of fused-ring (bicyclic) bond motifs is 1. The van der Waals surface area contributed by atoms with E-state index in [0.717, 1.165) is 18.2 Å². The molecule has 148 valence electrons. The number of ether oxygens (including phenoxy) is 1. The molecule has 0 saturated heterocycles. The Hall–Kier alpha value is -2.87. The van der Waals surface area contributed by atoms with Gasteiger partial charge in [-0.15, -0.1) is 0 Å². The molecule has 1 heterocycles. The van der Waals surface area contributed by atoms with Gasteiger partial charge in [-0.2, -0.15) is 0 Å². The van der Waals surface area contributed by atoms with Crippen LogP contribution in [-0.2, 0) is 32.5 Å². The Labute approximate surface area is 164 Å². The highest BCUT2D eigenvalue weighted by molar-refractivity contribution is 7.92. The molecule has 0 saturated carbocycles. The Balaban J connectivity index is 1.64. The number of rotatable bonds is 5. The van der Waals surface area contributed by atoms with Crippen LogP contribution in [-0.4, -0.2) is 44.1 Å². The number of hydrogen-bond donors (Lipinski definition) is 1. The Morgan fingerprint density at radius 1 is 1.11 bits per heavy atom. The van der Waals surface area contributed by atoms with Gasteiger partial charge in [0.15, 0.2) is 6.10 Å². The summed E-state index contributed by atoms with van der Waals surface area (Å²) in [7, 11) is -3.46. The highest BCUT2D eigenvalue weighted by Gasteiger charge is 2.27. The lowest BCUT2D eigenvalue weighted by Gasteiger charge is -2.30. The lowest BCUT2D eigenvalue weighted by molar-refractivity contribution is -0.140. The number of anilines is 1. The van der Waals surface area contributed by atoms with Crippen molar-refractivity contribution >= 4 is 27.6 Å². The second-order valence-electron chi connectivity index (χ2n) is 6.78. The van der Waals surface area contributed by atoms with E-state index in [9.17, 15) is 18.0 Å². The maximum absolute atomic E-state index is 12.7. The zero-order chi connectivity index (χ0) is 20.3. The summed E-state index contributed by atoms with van der Waals surface area (Å²) in [4.78, 5) is 26.8. The van der Waals surface area contributed by atoms with Gasteiger partial charge in [0.2, 0.25) is 10.0 Å². The molecule has 3 rings (SSSR count). The zero-order valence-corrected chi connectivity index (χ0v) is 16.5. The number of sulfonamides is 1. The van der Waals surface area contributed by atoms with Crippen LogP contribution in [0, 0.1) is 0 Å². The molecule has 0 radical (unpaired) electrons. The number of hydrogen-bond acceptors (Lipinski definition) is 5. The summed E-state index contributed by atoms with van der Waals surface area (Å²) < 4.78 is 30.3. The average molecular weight is 402 g/mol. The predicted octanol–water partition coefficient (Wildman–Crippen LogP) is 2.19. The van der Waals surface area contributed by atoms with E-state index in [0.29, 0.717) is 13.1 Å². The van der Waals surface area contributed by atoms with Gasteiger partial charge in [0.05, 0.1) is 11.8 Å². The second-order valence-corrected chi connectivity index (χ2v) is 8.53. The van der Waals surface area contributed by atoms with Crippen LogP contribution in [0.15, 0.2) is 48.5 Å². The van der Waals surface area contributed by atoms with Gasteiger partial charge in [-0.1, -0.05) is 30.3 Å². The minimum Gasteiger partial charge on any atom is -0.449 e. The number of nitrogens with zero attached hydrogens (tertiary/aromatic N) is 1. The number of nitrogens with one attached hydrogen (secondary N) is 1. The third-order valence-electron chi connectivity index (χ3n) is 4.48. The minimum absolute atomic E-state index is 0.164. The van der Waals surface area contributed by atoms with Crippen LogP contribution in [0.5, 0.6) is 0 Å². The van der Waals surface area contributed by atoms with E-state index in [2.05, 4.69) is 10.8 Å². The van der Waals surface area contributed by atoms with Crippen molar-refractivity contribution in [1.29, 1.82) is 0 Å². The van der Waals surface area contributed by atoms with Crippen molar-refractivity contribution in [3.63, 3.8) is 0 Å². The van der Waals surface area contributed by atoms with E-state index >= 15 is 0 Å². The van der Waals surface area contributed by atoms with E-state index < -0.39 is 22.1 Å². The Bertz CT molecular complexity index is 1000. The molecule has 1 aliphatic rings. The zero-order valence-electron chi connectivity index (χ0n) is 15.7. The van der Waals surface area contributed by atoms with Gasteiger partial charge >= 0.3 is 5.97 Å². The summed E-state index contributed by atoms with van der Waals surface area (Å²) in [5.74, 6) is -0.941. The maximum Gasteiger partial charge on any atom is 0.338 e. The molecule has 0 fully saturated rings. The molecule has 2 aromatic rings. The number of esters is 1. The first-order valence-corrected chi connectivity index (χ1v) is 10.8. The number of benzene rings is 2. The van der Waals surface area contributed by atoms with E-state index in [1.807, 2.05) is 18.2 Å². The molecule has 0 aliphatic carbocycles. The monoisotopic (exact) mass is 402 g/mol. The molecule has 0 bridgehead atoms.